The van der Waals surface area contributed by atoms with Gasteiger partial charge in [-0.1, -0.05) is 6.92 Å². The van der Waals surface area contributed by atoms with Gasteiger partial charge in [-0.05, 0) is 12.8 Å². The summed E-state index contributed by atoms with van der Waals surface area (Å²) < 4.78 is 26.2. The summed E-state index contributed by atoms with van der Waals surface area (Å²) in [6.45, 7) is 1.47. The lowest BCUT2D eigenvalue weighted by Gasteiger charge is -2.42. The van der Waals surface area contributed by atoms with Crippen molar-refractivity contribution in [2.24, 2.45) is 10.8 Å². The Balaban J connectivity index is 2.31. The Hall–Kier alpha value is -0.670. The number of halogens is 2. The molecule has 0 amide bonds. The van der Waals surface area contributed by atoms with E-state index in [0.29, 0.717) is 0 Å². The Kier molecular flexibility index (Phi) is 1.09. The van der Waals surface area contributed by atoms with E-state index in [9.17, 15) is 13.6 Å². The van der Waals surface area contributed by atoms with E-state index in [0.717, 1.165) is 0 Å². The average molecular weight is 176 g/mol. The second-order valence-electron chi connectivity index (χ2n) is 4.38. The van der Waals surface area contributed by atoms with E-state index in [2.05, 4.69) is 0 Å². The number of carboxylic acids is 1. The lowest BCUT2D eigenvalue weighted by Crippen LogP contribution is -2.44. The van der Waals surface area contributed by atoms with Crippen LogP contribution in [0.2, 0.25) is 0 Å². The van der Waals surface area contributed by atoms with Crippen LogP contribution in [0.1, 0.15) is 26.2 Å². The van der Waals surface area contributed by atoms with Crippen molar-refractivity contribution in [3.63, 3.8) is 0 Å². The van der Waals surface area contributed by atoms with Crippen LogP contribution in [0.25, 0.3) is 0 Å². The van der Waals surface area contributed by atoms with Crippen LogP contribution in [0.15, 0.2) is 0 Å². The fourth-order valence-electron chi connectivity index (χ4n) is 2.69. The molecular weight excluding hydrogens is 166 g/mol. The highest BCUT2D eigenvalue weighted by atomic mass is 19.3. The summed E-state index contributed by atoms with van der Waals surface area (Å²) in [5.74, 6) is -3.83. The van der Waals surface area contributed by atoms with E-state index in [4.69, 9.17) is 5.11 Å². The van der Waals surface area contributed by atoms with Crippen LogP contribution in [0.5, 0.6) is 0 Å². The Labute approximate surface area is 68.6 Å². The molecule has 0 spiro atoms. The predicted octanol–water partition coefficient (Wildman–Crippen LogP) is 1.90. The highest BCUT2D eigenvalue weighted by Gasteiger charge is 2.76. The van der Waals surface area contributed by atoms with Gasteiger partial charge in [0.1, 0.15) is 0 Å². The zero-order valence-corrected chi connectivity index (χ0v) is 6.73. The third-order valence-corrected chi connectivity index (χ3v) is 3.35. The standard InChI is InChI=1S/C8H10F2O2/c1-6-2-7(3-6,5(11)12)4-8(6,9)10/h2-4H2,1H3,(H,11,12). The molecule has 3 aliphatic rings. The van der Waals surface area contributed by atoms with Crippen molar-refractivity contribution in [2.45, 2.75) is 32.1 Å². The second kappa shape index (κ2) is 1.65. The molecule has 0 heterocycles. The summed E-state index contributed by atoms with van der Waals surface area (Å²) in [6.07, 6.45) is -0.184. The molecule has 68 valence electrons. The molecule has 0 aliphatic heterocycles. The third-order valence-electron chi connectivity index (χ3n) is 3.35. The molecule has 0 radical (unpaired) electrons. The molecule has 4 heteroatoms. The molecule has 0 aromatic rings. The number of carbonyl (C=O) groups is 1. The zero-order valence-electron chi connectivity index (χ0n) is 6.73. The van der Waals surface area contributed by atoms with Crippen molar-refractivity contribution >= 4 is 5.97 Å². The maximum absolute atomic E-state index is 13.1. The van der Waals surface area contributed by atoms with Crippen LogP contribution in [0, 0.1) is 10.8 Å². The second-order valence-corrected chi connectivity index (χ2v) is 4.38. The summed E-state index contributed by atoms with van der Waals surface area (Å²) in [4.78, 5) is 10.7. The van der Waals surface area contributed by atoms with Crippen LogP contribution in [0.3, 0.4) is 0 Å². The number of rotatable bonds is 1. The molecule has 0 unspecified atom stereocenters. The van der Waals surface area contributed by atoms with Crippen LogP contribution < -0.4 is 0 Å². The first kappa shape index (κ1) is 7.95. The summed E-state index contributed by atoms with van der Waals surface area (Å²) >= 11 is 0. The molecule has 3 saturated carbocycles. The van der Waals surface area contributed by atoms with E-state index in [1.54, 1.807) is 0 Å². The van der Waals surface area contributed by atoms with Crippen LogP contribution in [-0.2, 0) is 4.79 Å². The number of aliphatic carboxylic acids is 1. The topological polar surface area (TPSA) is 37.3 Å². The number of alkyl halides is 2. The molecule has 0 saturated heterocycles. The van der Waals surface area contributed by atoms with Gasteiger partial charge < -0.3 is 5.11 Å². The van der Waals surface area contributed by atoms with Crippen molar-refractivity contribution in [1.29, 1.82) is 0 Å². The van der Waals surface area contributed by atoms with Gasteiger partial charge in [-0.2, -0.15) is 0 Å². The van der Waals surface area contributed by atoms with E-state index < -0.39 is 29.1 Å². The van der Waals surface area contributed by atoms with Crippen LogP contribution in [0.4, 0.5) is 8.78 Å². The Bertz CT molecular complexity index is 251. The fourth-order valence-corrected chi connectivity index (χ4v) is 2.69. The molecule has 0 aromatic carbocycles. The van der Waals surface area contributed by atoms with Crippen LogP contribution in [-0.4, -0.2) is 17.0 Å². The maximum atomic E-state index is 13.1. The SMILES string of the molecule is CC12CC(C(=O)O)(CC1(F)F)C2. The van der Waals surface area contributed by atoms with E-state index in [1.807, 2.05) is 0 Å². The molecule has 3 rings (SSSR count). The predicted molar refractivity (Wildman–Crippen MR) is 37.0 cm³/mol. The smallest absolute Gasteiger partial charge is 0.309 e. The van der Waals surface area contributed by atoms with Gasteiger partial charge in [0.05, 0.1) is 5.41 Å². The Morgan fingerprint density at radius 3 is 2.00 bits per heavy atom. The molecule has 2 bridgehead atoms. The van der Waals surface area contributed by atoms with Gasteiger partial charge in [0, 0.05) is 11.8 Å². The normalized spacial score (nSPS) is 48.6. The van der Waals surface area contributed by atoms with Gasteiger partial charge in [0.2, 0.25) is 0 Å². The summed E-state index contributed by atoms with van der Waals surface area (Å²) in [7, 11) is 0. The number of fused-ring (bicyclic) bond motifs is 1. The number of hydrogen-bond donors (Lipinski definition) is 1. The van der Waals surface area contributed by atoms with Crippen molar-refractivity contribution in [3.8, 4) is 0 Å². The minimum absolute atomic E-state index is 0.141. The lowest BCUT2D eigenvalue weighted by molar-refractivity contribution is -0.158. The van der Waals surface area contributed by atoms with Gasteiger partial charge in [0.25, 0.3) is 5.92 Å². The molecule has 0 aromatic heterocycles. The van der Waals surface area contributed by atoms with Crippen LogP contribution >= 0.6 is 0 Å². The van der Waals surface area contributed by atoms with Gasteiger partial charge in [-0.25, -0.2) is 8.78 Å². The molecule has 12 heavy (non-hydrogen) atoms. The van der Waals surface area contributed by atoms with Crippen molar-refractivity contribution in [3.05, 3.63) is 0 Å². The van der Waals surface area contributed by atoms with Gasteiger partial charge >= 0.3 is 5.97 Å². The largest absolute Gasteiger partial charge is 0.481 e. The van der Waals surface area contributed by atoms with E-state index >= 15 is 0 Å². The zero-order chi connectivity index (χ0) is 9.20. The monoisotopic (exact) mass is 176 g/mol. The van der Waals surface area contributed by atoms with E-state index in [1.165, 1.54) is 6.92 Å². The summed E-state index contributed by atoms with van der Waals surface area (Å²) in [6, 6.07) is 0. The maximum Gasteiger partial charge on any atom is 0.309 e. The van der Waals surface area contributed by atoms with Crippen molar-refractivity contribution in [2.75, 3.05) is 0 Å². The minimum Gasteiger partial charge on any atom is -0.481 e. The first-order valence-electron chi connectivity index (χ1n) is 3.93. The van der Waals surface area contributed by atoms with E-state index in [-0.39, 0.29) is 12.8 Å². The summed E-state index contributed by atoms with van der Waals surface area (Å²) in [5.41, 5.74) is -2.14. The third kappa shape index (κ3) is 0.619. The quantitative estimate of drug-likeness (QED) is 0.662. The minimum atomic E-state index is -2.77. The van der Waals surface area contributed by atoms with Gasteiger partial charge in [-0.3, -0.25) is 4.79 Å². The molecule has 1 N–H and O–H groups in total. The molecule has 3 aliphatic carbocycles. The van der Waals surface area contributed by atoms with Crippen molar-refractivity contribution < 1.29 is 18.7 Å². The Morgan fingerprint density at radius 2 is 1.83 bits per heavy atom. The molecular formula is C8H10F2O2. The van der Waals surface area contributed by atoms with Gasteiger partial charge in [-0.15, -0.1) is 0 Å². The van der Waals surface area contributed by atoms with Gasteiger partial charge in [0.15, 0.2) is 0 Å². The summed E-state index contributed by atoms with van der Waals surface area (Å²) in [5, 5.41) is 8.72. The average Bonchev–Trinajstić information content (AvgIpc) is 2.10. The van der Waals surface area contributed by atoms with Crippen molar-refractivity contribution in [1.82, 2.24) is 0 Å². The Morgan fingerprint density at radius 1 is 1.33 bits per heavy atom. The molecule has 3 fully saturated rings. The highest BCUT2D eigenvalue weighted by Crippen LogP contribution is 2.73. The first-order chi connectivity index (χ1) is 5.31. The fraction of sp³-hybridized carbons (Fsp3) is 0.875. The molecule has 2 nitrogen and oxygen atoms in total. The number of hydrogen-bond acceptors (Lipinski definition) is 1. The number of carboxylic acid groups (broad SMARTS) is 1. The highest BCUT2D eigenvalue weighted by molar-refractivity contribution is 5.77. The lowest BCUT2D eigenvalue weighted by atomic mass is 9.61. The first-order valence-corrected chi connectivity index (χ1v) is 3.93. The molecule has 0 atom stereocenters.